The molecule has 1 aliphatic rings. The number of hydrogen-bond donors (Lipinski definition) is 3. The van der Waals surface area contributed by atoms with Gasteiger partial charge >= 0.3 is 5.97 Å². The molecule has 0 saturated heterocycles. The Balaban J connectivity index is 2.03. The molecule has 0 spiro atoms. The normalized spacial score (nSPS) is 24.2. The Hall–Kier alpha value is -1.71. The first kappa shape index (κ1) is 10.8. The van der Waals surface area contributed by atoms with Crippen LogP contribution in [0.2, 0.25) is 0 Å². The van der Waals surface area contributed by atoms with Crippen LogP contribution < -0.4 is 5.32 Å². The van der Waals surface area contributed by atoms with Crippen LogP contribution in [0.15, 0.2) is 24.3 Å². The Morgan fingerprint density at radius 1 is 1.25 bits per heavy atom. The second kappa shape index (κ2) is 4.43. The van der Waals surface area contributed by atoms with Gasteiger partial charge in [-0.05, 0) is 37.1 Å². The lowest BCUT2D eigenvalue weighted by molar-refractivity contribution is -0.141. The largest absolute Gasteiger partial charge is 0.508 e. The fourth-order valence-corrected chi connectivity index (χ4v) is 2.20. The molecule has 0 bridgehead atoms. The molecule has 0 aromatic heterocycles. The molecule has 16 heavy (non-hydrogen) atoms. The lowest BCUT2D eigenvalue weighted by Gasteiger charge is -2.18. The summed E-state index contributed by atoms with van der Waals surface area (Å²) in [6, 6.07) is 6.70. The molecule has 2 atom stereocenters. The van der Waals surface area contributed by atoms with Crippen molar-refractivity contribution in [3.05, 3.63) is 24.3 Å². The first-order chi connectivity index (χ1) is 7.66. The minimum atomic E-state index is -0.728. The van der Waals surface area contributed by atoms with Gasteiger partial charge in [-0.1, -0.05) is 6.42 Å². The van der Waals surface area contributed by atoms with Gasteiger partial charge in [0.15, 0.2) is 0 Å². The van der Waals surface area contributed by atoms with E-state index >= 15 is 0 Å². The quantitative estimate of drug-likeness (QED) is 0.683. The van der Waals surface area contributed by atoms with Crippen molar-refractivity contribution < 1.29 is 15.0 Å². The van der Waals surface area contributed by atoms with Gasteiger partial charge in [-0.3, -0.25) is 4.79 Å². The van der Waals surface area contributed by atoms with E-state index in [2.05, 4.69) is 5.32 Å². The van der Waals surface area contributed by atoms with Crippen LogP contribution in [-0.2, 0) is 4.79 Å². The molecule has 2 unspecified atom stereocenters. The highest BCUT2D eigenvalue weighted by atomic mass is 16.4. The Morgan fingerprint density at radius 3 is 2.56 bits per heavy atom. The van der Waals surface area contributed by atoms with Gasteiger partial charge < -0.3 is 15.5 Å². The number of anilines is 1. The zero-order chi connectivity index (χ0) is 11.5. The molecule has 4 nitrogen and oxygen atoms in total. The fraction of sp³-hybridized carbons (Fsp3) is 0.417. The zero-order valence-electron chi connectivity index (χ0n) is 8.89. The van der Waals surface area contributed by atoms with Crippen molar-refractivity contribution in [2.45, 2.75) is 25.3 Å². The van der Waals surface area contributed by atoms with Crippen LogP contribution in [0.4, 0.5) is 5.69 Å². The number of hydrogen-bond acceptors (Lipinski definition) is 3. The molecule has 1 fully saturated rings. The SMILES string of the molecule is O=C(O)C1CCCC1Nc1ccc(O)cc1. The van der Waals surface area contributed by atoms with E-state index in [9.17, 15) is 4.79 Å². The summed E-state index contributed by atoms with van der Waals surface area (Å²) in [7, 11) is 0. The summed E-state index contributed by atoms with van der Waals surface area (Å²) in [5, 5.41) is 21.4. The number of benzene rings is 1. The number of aromatic hydroxyl groups is 1. The van der Waals surface area contributed by atoms with E-state index in [0.29, 0.717) is 0 Å². The van der Waals surface area contributed by atoms with E-state index < -0.39 is 5.97 Å². The van der Waals surface area contributed by atoms with Crippen LogP contribution in [0.5, 0.6) is 5.75 Å². The van der Waals surface area contributed by atoms with Gasteiger partial charge in [0.25, 0.3) is 0 Å². The Bertz CT molecular complexity index is 374. The van der Waals surface area contributed by atoms with Gasteiger partial charge in [-0.15, -0.1) is 0 Å². The number of aliphatic carboxylic acids is 1. The van der Waals surface area contributed by atoms with Crippen LogP contribution in [0, 0.1) is 5.92 Å². The van der Waals surface area contributed by atoms with Crippen molar-refractivity contribution in [1.29, 1.82) is 0 Å². The summed E-state index contributed by atoms with van der Waals surface area (Å²) in [6.07, 6.45) is 2.58. The summed E-state index contributed by atoms with van der Waals surface area (Å²) in [6.45, 7) is 0. The highest BCUT2D eigenvalue weighted by molar-refractivity contribution is 5.72. The molecule has 1 saturated carbocycles. The topological polar surface area (TPSA) is 69.6 Å². The summed E-state index contributed by atoms with van der Waals surface area (Å²) in [5.74, 6) is -0.811. The first-order valence-corrected chi connectivity index (χ1v) is 5.45. The fourth-order valence-electron chi connectivity index (χ4n) is 2.20. The lowest BCUT2D eigenvalue weighted by Crippen LogP contribution is -2.29. The van der Waals surface area contributed by atoms with Crippen molar-refractivity contribution in [1.82, 2.24) is 0 Å². The van der Waals surface area contributed by atoms with E-state index in [0.717, 1.165) is 24.9 Å². The summed E-state index contributed by atoms with van der Waals surface area (Å²) >= 11 is 0. The van der Waals surface area contributed by atoms with Crippen LogP contribution in [0.3, 0.4) is 0 Å². The molecule has 0 heterocycles. The van der Waals surface area contributed by atoms with E-state index in [1.54, 1.807) is 24.3 Å². The number of rotatable bonds is 3. The third-order valence-electron chi connectivity index (χ3n) is 3.05. The summed E-state index contributed by atoms with van der Waals surface area (Å²) in [5.41, 5.74) is 0.857. The van der Waals surface area contributed by atoms with E-state index in [1.807, 2.05) is 0 Å². The minimum absolute atomic E-state index is 0.00189. The highest BCUT2D eigenvalue weighted by Gasteiger charge is 2.32. The van der Waals surface area contributed by atoms with Gasteiger partial charge in [0.05, 0.1) is 5.92 Å². The summed E-state index contributed by atoms with van der Waals surface area (Å²) < 4.78 is 0. The van der Waals surface area contributed by atoms with Crippen molar-refractivity contribution in [2.24, 2.45) is 5.92 Å². The molecular weight excluding hydrogens is 206 g/mol. The van der Waals surface area contributed by atoms with Crippen molar-refractivity contribution >= 4 is 11.7 Å². The minimum Gasteiger partial charge on any atom is -0.508 e. The number of carbonyl (C=O) groups is 1. The molecule has 3 N–H and O–H groups in total. The second-order valence-electron chi connectivity index (χ2n) is 4.17. The maximum Gasteiger partial charge on any atom is 0.308 e. The van der Waals surface area contributed by atoms with Gasteiger partial charge in [-0.2, -0.15) is 0 Å². The van der Waals surface area contributed by atoms with Crippen molar-refractivity contribution in [3.8, 4) is 5.75 Å². The predicted octanol–water partition coefficient (Wildman–Crippen LogP) is 2.06. The maximum atomic E-state index is 11.0. The van der Waals surface area contributed by atoms with Crippen LogP contribution in [0.1, 0.15) is 19.3 Å². The van der Waals surface area contributed by atoms with E-state index in [4.69, 9.17) is 10.2 Å². The molecule has 1 aromatic carbocycles. The number of carboxylic acids is 1. The average molecular weight is 221 g/mol. The molecule has 4 heteroatoms. The van der Waals surface area contributed by atoms with E-state index in [-0.39, 0.29) is 17.7 Å². The molecule has 1 aromatic rings. The summed E-state index contributed by atoms with van der Waals surface area (Å²) in [4.78, 5) is 11.0. The Labute approximate surface area is 93.9 Å². The standard InChI is InChI=1S/C12H15NO3/c14-9-6-4-8(5-7-9)13-11-3-1-2-10(11)12(15)16/h4-7,10-11,13-14H,1-3H2,(H,15,16). The van der Waals surface area contributed by atoms with Gasteiger partial charge in [0.2, 0.25) is 0 Å². The maximum absolute atomic E-state index is 11.0. The third-order valence-corrected chi connectivity index (χ3v) is 3.05. The highest BCUT2D eigenvalue weighted by Crippen LogP contribution is 2.29. The Kier molecular flexibility index (Phi) is 2.99. The number of nitrogens with one attached hydrogen (secondary N) is 1. The monoisotopic (exact) mass is 221 g/mol. The number of carboxylic acid groups (broad SMARTS) is 1. The molecule has 0 aliphatic heterocycles. The molecule has 1 aliphatic carbocycles. The smallest absolute Gasteiger partial charge is 0.308 e. The number of phenolic OH excluding ortho intramolecular Hbond substituents is 1. The third kappa shape index (κ3) is 2.27. The van der Waals surface area contributed by atoms with Gasteiger partial charge in [0.1, 0.15) is 5.75 Å². The molecular formula is C12H15NO3. The van der Waals surface area contributed by atoms with Gasteiger partial charge in [0, 0.05) is 11.7 Å². The lowest BCUT2D eigenvalue weighted by atomic mass is 10.0. The van der Waals surface area contributed by atoms with Crippen molar-refractivity contribution in [2.75, 3.05) is 5.32 Å². The van der Waals surface area contributed by atoms with Crippen molar-refractivity contribution in [3.63, 3.8) is 0 Å². The van der Waals surface area contributed by atoms with Crippen LogP contribution in [-0.4, -0.2) is 22.2 Å². The van der Waals surface area contributed by atoms with Gasteiger partial charge in [-0.25, -0.2) is 0 Å². The predicted molar refractivity (Wildman–Crippen MR) is 60.5 cm³/mol. The Morgan fingerprint density at radius 2 is 1.94 bits per heavy atom. The zero-order valence-corrected chi connectivity index (χ0v) is 8.89. The van der Waals surface area contributed by atoms with Crippen LogP contribution >= 0.6 is 0 Å². The molecule has 0 amide bonds. The molecule has 86 valence electrons. The number of phenols is 1. The molecule has 0 radical (unpaired) electrons. The first-order valence-electron chi connectivity index (χ1n) is 5.45. The second-order valence-corrected chi connectivity index (χ2v) is 4.17. The van der Waals surface area contributed by atoms with E-state index in [1.165, 1.54) is 0 Å². The van der Waals surface area contributed by atoms with Crippen LogP contribution in [0.25, 0.3) is 0 Å². The average Bonchev–Trinajstić information content (AvgIpc) is 2.69. The molecule has 2 rings (SSSR count).